The minimum Gasteiger partial charge on any atom is -0.481 e. The summed E-state index contributed by atoms with van der Waals surface area (Å²) in [5.74, 6) is -0.800. The summed E-state index contributed by atoms with van der Waals surface area (Å²) in [4.78, 5) is 14.1. The van der Waals surface area contributed by atoms with E-state index in [9.17, 15) is 9.90 Å². The van der Waals surface area contributed by atoms with Gasteiger partial charge in [0.15, 0.2) is 0 Å². The van der Waals surface area contributed by atoms with Crippen LogP contribution in [-0.4, -0.2) is 16.0 Å². The van der Waals surface area contributed by atoms with E-state index in [0.717, 1.165) is 21.2 Å². The zero-order valence-electron chi connectivity index (χ0n) is 16.8. The molecule has 3 aromatic rings. The maximum Gasteiger partial charge on any atom is 0.305 e. The highest BCUT2D eigenvalue weighted by Gasteiger charge is 2.28. The van der Waals surface area contributed by atoms with Gasteiger partial charge in [0, 0.05) is 23.1 Å². The predicted octanol–water partition coefficient (Wildman–Crippen LogP) is 6.54. The Morgan fingerprint density at radius 3 is 2.17 bits per heavy atom. The Morgan fingerprint density at radius 2 is 1.59 bits per heavy atom. The molecular formula is C25H26BrNO2. The Hall–Kier alpha value is -2.43. The van der Waals surface area contributed by atoms with E-state index < -0.39 is 5.97 Å². The van der Waals surface area contributed by atoms with Gasteiger partial charge in [-0.15, -0.1) is 0 Å². The molecule has 150 valence electrons. The maximum absolute atomic E-state index is 11.8. The molecule has 3 aromatic carbocycles. The number of hydrogen-bond acceptors (Lipinski definition) is 2. The van der Waals surface area contributed by atoms with Crippen LogP contribution in [-0.2, 0) is 11.3 Å². The van der Waals surface area contributed by atoms with Crippen molar-refractivity contribution in [1.29, 1.82) is 0 Å². The number of carboxylic acid groups (broad SMARTS) is 1. The van der Waals surface area contributed by atoms with E-state index >= 15 is 0 Å². The highest BCUT2D eigenvalue weighted by atomic mass is 79.9. The minimum absolute atomic E-state index is 0.0416. The Kier molecular flexibility index (Phi) is 7.24. The molecule has 4 heteroatoms. The molecular weight excluding hydrogens is 426 g/mol. The Morgan fingerprint density at radius 1 is 0.966 bits per heavy atom. The molecule has 0 bridgehead atoms. The minimum atomic E-state index is -0.800. The van der Waals surface area contributed by atoms with Gasteiger partial charge in [-0.3, -0.25) is 9.69 Å². The molecule has 0 heterocycles. The van der Waals surface area contributed by atoms with E-state index in [1.807, 2.05) is 55.5 Å². The Balaban J connectivity index is 2.07. The summed E-state index contributed by atoms with van der Waals surface area (Å²) in [7, 11) is 0. The first-order valence-electron chi connectivity index (χ1n) is 9.77. The average Bonchev–Trinajstić information content (AvgIpc) is 2.70. The van der Waals surface area contributed by atoms with E-state index in [1.165, 1.54) is 5.56 Å². The molecule has 3 nitrogen and oxygen atoms in total. The topological polar surface area (TPSA) is 40.5 Å². The molecule has 0 aliphatic carbocycles. The van der Waals surface area contributed by atoms with Crippen LogP contribution < -0.4 is 0 Å². The molecule has 2 atom stereocenters. The van der Waals surface area contributed by atoms with E-state index in [2.05, 4.69) is 58.1 Å². The zero-order valence-corrected chi connectivity index (χ0v) is 18.3. The van der Waals surface area contributed by atoms with Gasteiger partial charge < -0.3 is 5.11 Å². The van der Waals surface area contributed by atoms with Crippen LogP contribution in [0.2, 0.25) is 0 Å². The van der Waals surface area contributed by atoms with Gasteiger partial charge in [0.2, 0.25) is 0 Å². The first kappa shape index (κ1) is 21.3. The number of hydrogen-bond donors (Lipinski definition) is 1. The van der Waals surface area contributed by atoms with Gasteiger partial charge >= 0.3 is 5.97 Å². The van der Waals surface area contributed by atoms with E-state index in [4.69, 9.17) is 0 Å². The number of aryl methyl sites for hydroxylation is 1. The zero-order chi connectivity index (χ0) is 20.8. The van der Waals surface area contributed by atoms with Crippen molar-refractivity contribution < 1.29 is 9.90 Å². The van der Waals surface area contributed by atoms with Crippen LogP contribution in [0.4, 0.5) is 0 Å². The van der Waals surface area contributed by atoms with E-state index in [0.29, 0.717) is 6.54 Å². The van der Waals surface area contributed by atoms with Crippen molar-refractivity contribution in [3.05, 3.63) is 106 Å². The summed E-state index contributed by atoms with van der Waals surface area (Å²) < 4.78 is 0.968. The summed E-state index contributed by atoms with van der Waals surface area (Å²) in [5.41, 5.74) is 4.46. The van der Waals surface area contributed by atoms with Gasteiger partial charge in [-0.2, -0.15) is 0 Å². The number of benzene rings is 3. The molecule has 0 aliphatic rings. The van der Waals surface area contributed by atoms with Crippen molar-refractivity contribution in [1.82, 2.24) is 4.90 Å². The number of carbonyl (C=O) groups is 1. The van der Waals surface area contributed by atoms with Crippen molar-refractivity contribution in [3.63, 3.8) is 0 Å². The monoisotopic (exact) mass is 451 g/mol. The molecule has 0 amide bonds. The fraction of sp³-hybridized carbons (Fsp3) is 0.240. The smallest absolute Gasteiger partial charge is 0.305 e. The van der Waals surface area contributed by atoms with Gasteiger partial charge in [-0.05, 0) is 48.2 Å². The highest BCUT2D eigenvalue weighted by Crippen LogP contribution is 2.36. The van der Waals surface area contributed by atoms with Gasteiger partial charge in [-0.1, -0.05) is 82.7 Å². The lowest BCUT2D eigenvalue weighted by Crippen LogP contribution is -2.32. The second kappa shape index (κ2) is 9.86. The predicted molar refractivity (Wildman–Crippen MR) is 121 cm³/mol. The fourth-order valence-electron chi connectivity index (χ4n) is 3.78. The highest BCUT2D eigenvalue weighted by molar-refractivity contribution is 9.10. The lowest BCUT2D eigenvalue weighted by Gasteiger charge is -2.37. The number of aliphatic carboxylic acids is 1. The van der Waals surface area contributed by atoms with Crippen molar-refractivity contribution >= 4 is 21.9 Å². The van der Waals surface area contributed by atoms with Crippen LogP contribution in [0, 0.1) is 6.92 Å². The third-order valence-corrected chi connectivity index (χ3v) is 5.66. The lowest BCUT2D eigenvalue weighted by molar-refractivity contribution is -0.138. The summed E-state index contributed by atoms with van der Waals surface area (Å²) in [6.45, 7) is 4.85. The largest absolute Gasteiger partial charge is 0.481 e. The summed E-state index contributed by atoms with van der Waals surface area (Å²) in [6.07, 6.45) is 0.0416. The molecule has 3 rings (SSSR count). The molecule has 0 spiro atoms. The second-order valence-corrected chi connectivity index (χ2v) is 8.34. The first-order chi connectivity index (χ1) is 13.9. The van der Waals surface area contributed by atoms with Crippen LogP contribution in [0.5, 0.6) is 0 Å². The van der Waals surface area contributed by atoms with E-state index in [1.54, 1.807) is 0 Å². The second-order valence-electron chi connectivity index (χ2n) is 7.42. The molecule has 0 saturated heterocycles. The van der Waals surface area contributed by atoms with Crippen LogP contribution in [0.3, 0.4) is 0 Å². The molecule has 0 fully saturated rings. The van der Waals surface area contributed by atoms with Crippen LogP contribution in [0.25, 0.3) is 0 Å². The van der Waals surface area contributed by atoms with Crippen molar-refractivity contribution in [2.24, 2.45) is 0 Å². The van der Waals surface area contributed by atoms with Crippen LogP contribution in [0.15, 0.2) is 83.3 Å². The lowest BCUT2D eigenvalue weighted by atomic mass is 9.95. The molecule has 1 N–H and O–H groups in total. The summed E-state index contributed by atoms with van der Waals surface area (Å²) >= 11 is 3.58. The molecule has 1 unspecified atom stereocenters. The quantitative estimate of drug-likeness (QED) is 0.422. The van der Waals surface area contributed by atoms with Crippen molar-refractivity contribution in [2.75, 3.05) is 0 Å². The standard InChI is InChI=1S/C25H26BrNO2/c1-18-13-22(15-23(26)14-18)24(16-25(28)29)27(17-20-9-5-3-6-10-20)19(2)21-11-7-4-8-12-21/h3-15,19,24H,16-17H2,1-2H3,(H,28,29)/t19-,24?/m1/s1. The third kappa shape index (κ3) is 5.78. The molecule has 0 saturated carbocycles. The molecule has 0 aliphatic heterocycles. The van der Waals surface area contributed by atoms with Gasteiger partial charge in [-0.25, -0.2) is 0 Å². The number of carboxylic acids is 1. The van der Waals surface area contributed by atoms with Crippen LogP contribution >= 0.6 is 15.9 Å². The average molecular weight is 452 g/mol. The van der Waals surface area contributed by atoms with Gasteiger partial charge in [0.1, 0.15) is 0 Å². The molecule has 0 radical (unpaired) electrons. The van der Waals surface area contributed by atoms with Gasteiger partial charge in [0.25, 0.3) is 0 Å². The summed E-state index contributed by atoms with van der Waals surface area (Å²) in [5, 5.41) is 9.71. The first-order valence-corrected chi connectivity index (χ1v) is 10.6. The SMILES string of the molecule is Cc1cc(Br)cc(C(CC(=O)O)N(Cc2ccccc2)[C@H](C)c2ccccc2)c1. The normalized spacial score (nSPS) is 13.2. The maximum atomic E-state index is 11.8. The molecule has 29 heavy (non-hydrogen) atoms. The van der Waals surface area contributed by atoms with Gasteiger partial charge in [0.05, 0.1) is 6.42 Å². The fourth-order valence-corrected chi connectivity index (χ4v) is 4.41. The van der Waals surface area contributed by atoms with Crippen LogP contribution in [0.1, 0.15) is 47.7 Å². The molecule has 0 aromatic heterocycles. The number of halogens is 1. The summed E-state index contributed by atoms with van der Waals surface area (Å²) in [6, 6.07) is 26.5. The Labute approximate surface area is 181 Å². The van der Waals surface area contributed by atoms with Crippen molar-refractivity contribution in [2.45, 2.75) is 38.9 Å². The number of nitrogens with zero attached hydrogens (tertiary/aromatic N) is 1. The Bertz CT molecular complexity index is 923. The van der Waals surface area contributed by atoms with E-state index in [-0.39, 0.29) is 18.5 Å². The third-order valence-electron chi connectivity index (χ3n) is 5.20. The number of rotatable bonds is 8. The van der Waals surface area contributed by atoms with Crippen molar-refractivity contribution in [3.8, 4) is 0 Å².